The van der Waals surface area contributed by atoms with Gasteiger partial charge in [-0.3, -0.25) is 4.55 Å². The molecule has 0 amide bonds. The van der Waals surface area contributed by atoms with Gasteiger partial charge in [0.05, 0.1) is 0 Å². The summed E-state index contributed by atoms with van der Waals surface area (Å²) in [6.07, 6.45) is 0. The first kappa shape index (κ1) is 7.27. The van der Waals surface area contributed by atoms with Crippen molar-refractivity contribution in [1.82, 2.24) is 4.89 Å². The number of hydrogen-bond donors (Lipinski definition) is 2. The Labute approximate surface area is 44.4 Å². The third-order valence-corrected chi connectivity index (χ3v) is 0.465. The van der Waals surface area contributed by atoms with Crippen molar-refractivity contribution in [3.63, 3.8) is 0 Å². The van der Waals surface area contributed by atoms with E-state index in [0.717, 1.165) is 4.89 Å². The van der Waals surface area contributed by atoms with Crippen LogP contribution < -0.4 is 4.89 Å². The molecule has 0 unspecified atom stereocenters. The summed E-state index contributed by atoms with van der Waals surface area (Å²) in [5.74, 6) is 0. The van der Waals surface area contributed by atoms with Gasteiger partial charge in [-0.15, -0.1) is 4.91 Å². The SMILES string of the molecule is O=NONS(=O)(=O)O. The summed E-state index contributed by atoms with van der Waals surface area (Å²) >= 11 is 0. The Morgan fingerprint density at radius 2 is 2.12 bits per heavy atom. The smallest absolute Gasteiger partial charge is 0.271 e. The van der Waals surface area contributed by atoms with Crippen molar-refractivity contribution in [2.45, 2.75) is 0 Å². The molecule has 0 aliphatic carbocycles. The molecule has 0 radical (unpaired) electrons. The van der Waals surface area contributed by atoms with E-state index in [0.29, 0.717) is 0 Å². The van der Waals surface area contributed by atoms with E-state index in [2.05, 4.69) is 4.94 Å². The predicted octanol–water partition coefficient (Wildman–Crippen LogP) is -1.01. The van der Waals surface area contributed by atoms with Crippen molar-refractivity contribution in [2.75, 3.05) is 0 Å². The molecule has 8 heteroatoms. The van der Waals surface area contributed by atoms with E-state index in [4.69, 9.17) is 9.46 Å². The molecule has 0 saturated carbocycles. The van der Waals surface area contributed by atoms with Crippen LogP contribution in [0.1, 0.15) is 0 Å². The molecule has 0 bridgehead atoms. The number of rotatable bonds is 3. The maximum absolute atomic E-state index is 9.51. The first-order chi connectivity index (χ1) is 3.56. The van der Waals surface area contributed by atoms with Crippen molar-refractivity contribution >= 4 is 10.3 Å². The topological polar surface area (TPSA) is 105 Å². The Kier molecular flexibility index (Phi) is 2.31. The van der Waals surface area contributed by atoms with Gasteiger partial charge in [0.25, 0.3) is 0 Å². The highest BCUT2D eigenvalue weighted by molar-refractivity contribution is 7.83. The zero-order valence-electron chi connectivity index (χ0n) is 3.44. The average molecular weight is 142 g/mol. The second kappa shape index (κ2) is 2.55. The fourth-order valence-electron chi connectivity index (χ4n) is 0.0623. The van der Waals surface area contributed by atoms with Crippen LogP contribution in [0.3, 0.4) is 0 Å². The molecular formula is H2N2O5S. The molecule has 0 aromatic carbocycles. The van der Waals surface area contributed by atoms with Crippen molar-refractivity contribution in [3.8, 4) is 0 Å². The highest BCUT2D eigenvalue weighted by atomic mass is 32.2. The number of nitrogens with one attached hydrogen (secondary N) is 1. The molecule has 0 atom stereocenters. The Morgan fingerprint density at radius 1 is 1.62 bits per heavy atom. The highest BCUT2D eigenvalue weighted by Gasteiger charge is 2.00. The third kappa shape index (κ3) is 5.27. The highest BCUT2D eigenvalue weighted by Crippen LogP contribution is 1.71. The standard InChI is InChI=1S/H2N2O5S/c3-1-7-2-8(4,5)6/h2H,(H,4,5,6). The maximum atomic E-state index is 9.51. The molecule has 0 aliphatic rings. The zero-order valence-corrected chi connectivity index (χ0v) is 4.25. The molecule has 0 saturated heterocycles. The van der Waals surface area contributed by atoms with Crippen LogP contribution in [0.4, 0.5) is 0 Å². The summed E-state index contributed by atoms with van der Waals surface area (Å²) in [7, 11) is -4.45. The molecular weight excluding hydrogens is 140 g/mol. The second-order valence-electron chi connectivity index (χ2n) is 0.724. The molecule has 0 aromatic heterocycles. The lowest BCUT2D eigenvalue weighted by atomic mass is 13.2. The van der Waals surface area contributed by atoms with Crippen LogP contribution in [-0.2, 0) is 15.2 Å². The summed E-state index contributed by atoms with van der Waals surface area (Å²) in [5, 5.41) is 1.62. The Hall–Kier alpha value is -0.730. The van der Waals surface area contributed by atoms with Crippen LogP contribution >= 0.6 is 0 Å². The van der Waals surface area contributed by atoms with E-state index < -0.39 is 10.3 Å². The summed E-state index contributed by atoms with van der Waals surface area (Å²) in [6, 6.07) is 0. The molecule has 0 rings (SSSR count). The quantitative estimate of drug-likeness (QED) is 0.298. The van der Waals surface area contributed by atoms with Gasteiger partial charge in [-0.1, -0.05) is 0 Å². The van der Waals surface area contributed by atoms with Crippen molar-refractivity contribution < 1.29 is 17.9 Å². The van der Waals surface area contributed by atoms with E-state index in [1.54, 1.807) is 5.34 Å². The lowest BCUT2D eigenvalue weighted by molar-refractivity contribution is 0.0901. The zero-order chi connectivity index (χ0) is 6.62. The first-order valence-corrected chi connectivity index (χ1v) is 2.73. The van der Waals surface area contributed by atoms with Crippen molar-refractivity contribution in [3.05, 3.63) is 4.91 Å². The largest absolute Gasteiger partial charge is 0.367 e. The van der Waals surface area contributed by atoms with Gasteiger partial charge in [0, 0.05) is 4.89 Å². The van der Waals surface area contributed by atoms with Crippen molar-refractivity contribution in [2.24, 2.45) is 5.34 Å². The predicted molar refractivity (Wildman–Crippen MR) is 21.6 cm³/mol. The fourth-order valence-corrected chi connectivity index (χ4v) is 0.187. The van der Waals surface area contributed by atoms with Gasteiger partial charge < -0.3 is 0 Å². The van der Waals surface area contributed by atoms with E-state index in [9.17, 15) is 8.42 Å². The number of hydrogen-bond acceptors (Lipinski definition) is 5. The molecule has 0 aliphatic heterocycles. The molecule has 2 N–H and O–H groups in total. The van der Waals surface area contributed by atoms with Gasteiger partial charge >= 0.3 is 10.3 Å². The van der Waals surface area contributed by atoms with Crippen molar-refractivity contribution in [1.29, 1.82) is 0 Å². The van der Waals surface area contributed by atoms with Gasteiger partial charge in [-0.05, 0) is 0 Å². The van der Waals surface area contributed by atoms with Gasteiger partial charge in [0.2, 0.25) is 0 Å². The first-order valence-electron chi connectivity index (χ1n) is 1.29. The van der Waals surface area contributed by atoms with E-state index in [1.165, 1.54) is 0 Å². The monoisotopic (exact) mass is 142 g/mol. The molecule has 48 valence electrons. The minimum absolute atomic E-state index is 0.920. The van der Waals surface area contributed by atoms with Crippen LogP contribution in [0.15, 0.2) is 5.34 Å². The Balaban J connectivity index is 3.57. The van der Waals surface area contributed by atoms with E-state index in [1.807, 2.05) is 0 Å². The lowest BCUT2D eigenvalue weighted by Crippen LogP contribution is -2.19. The third-order valence-electron chi connectivity index (χ3n) is 0.180. The molecule has 0 spiro atoms. The second-order valence-corrected chi connectivity index (χ2v) is 1.84. The van der Waals surface area contributed by atoms with Crippen LogP contribution in [0.5, 0.6) is 0 Å². The van der Waals surface area contributed by atoms with Gasteiger partial charge in [-0.25, -0.2) is 4.94 Å². The van der Waals surface area contributed by atoms with Crippen LogP contribution in [0, 0.1) is 4.91 Å². The van der Waals surface area contributed by atoms with Gasteiger partial charge in [-0.2, -0.15) is 8.42 Å². The molecule has 0 fully saturated rings. The maximum Gasteiger partial charge on any atom is 0.367 e. The normalized spacial score (nSPS) is 10.6. The average Bonchev–Trinajstić information content (AvgIpc) is 1.59. The van der Waals surface area contributed by atoms with Gasteiger partial charge in [0.1, 0.15) is 0 Å². The summed E-state index contributed by atoms with van der Waals surface area (Å²) < 4.78 is 26.7. The molecule has 0 heterocycles. The summed E-state index contributed by atoms with van der Waals surface area (Å²) in [6.45, 7) is 0. The summed E-state index contributed by atoms with van der Waals surface area (Å²) in [5.41, 5.74) is 0. The lowest BCUT2D eigenvalue weighted by Gasteiger charge is -1.88. The Bertz CT molecular complexity index is 155. The minimum Gasteiger partial charge on any atom is -0.271 e. The van der Waals surface area contributed by atoms with Gasteiger partial charge in [0.15, 0.2) is 5.34 Å². The van der Waals surface area contributed by atoms with E-state index >= 15 is 0 Å². The fraction of sp³-hybridized carbons (Fsp3) is 0. The minimum atomic E-state index is -4.45. The molecule has 7 nitrogen and oxygen atoms in total. The van der Waals surface area contributed by atoms with Crippen LogP contribution in [-0.4, -0.2) is 13.0 Å². The number of nitrogens with zero attached hydrogens (tertiary/aromatic N) is 1. The van der Waals surface area contributed by atoms with Crippen LogP contribution in [0.25, 0.3) is 0 Å². The molecule has 0 aromatic rings. The molecule has 8 heavy (non-hydrogen) atoms. The van der Waals surface area contributed by atoms with Crippen LogP contribution in [0.2, 0.25) is 0 Å². The van der Waals surface area contributed by atoms with E-state index in [-0.39, 0.29) is 0 Å². The Morgan fingerprint density at radius 3 is 2.25 bits per heavy atom. The summed E-state index contributed by atoms with van der Waals surface area (Å²) in [4.78, 5) is 13.0.